The summed E-state index contributed by atoms with van der Waals surface area (Å²) in [6.45, 7) is 6.04. The van der Waals surface area contributed by atoms with Crippen LogP contribution in [0.3, 0.4) is 0 Å². The first kappa shape index (κ1) is 21.2. The van der Waals surface area contributed by atoms with Gasteiger partial charge in [-0.05, 0) is 42.7 Å². The van der Waals surface area contributed by atoms with Crippen LogP contribution >= 0.6 is 0 Å². The molecule has 0 aliphatic carbocycles. The van der Waals surface area contributed by atoms with E-state index in [0.717, 1.165) is 22.4 Å². The zero-order valence-electron chi connectivity index (χ0n) is 16.8. The van der Waals surface area contributed by atoms with Gasteiger partial charge in [0.1, 0.15) is 0 Å². The molecule has 6 nitrogen and oxygen atoms in total. The van der Waals surface area contributed by atoms with E-state index in [1.54, 1.807) is 6.08 Å². The maximum atomic E-state index is 12.5. The molecule has 1 fully saturated rings. The Morgan fingerprint density at radius 1 is 1.00 bits per heavy atom. The highest BCUT2D eigenvalue weighted by atomic mass is 32.2. The quantitative estimate of drug-likeness (QED) is 0.791. The number of piperazine rings is 1. The average Bonchev–Trinajstić information content (AvgIpc) is 2.71. The van der Waals surface area contributed by atoms with E-state index >= 15 is 0 Å². The van der Waals surface area contributed by atoms with Crippen LogP contribution in [-0.2, 0) is 14.8 Å². The van der Waals surface area contributed by atoms with Gasteiger partial charge in [-0.15, -0.1) is 0 Å². The molecule has 0 saturated carbocycles. The van der Waals surface area contributed by atoms with Crippen molar-refractivity contribution >= 4 is 27.7 Å². The summed E-state index contributed by atoms with van der Waals surface area (Å²) >= 11 is 0. The fourth-order valence-electron chi connectivity index (χ4n) is 3.24. The molecule has 0 spiro atoms. The van der Waals surface area contributed by atoms with Crippen LogP contribution in [0.2, 0.25) is 0 Å². The molecule has 1 amide bonds. The van der Waals surface area contributed by atoms with Crippen molar-refractivity contribution < 1.29 is 13.2 Å². The van der Waals surface area contributed by atoms with E-state index in [-0.39, 0.29) is 12.5 Å². The largest absolute Gasteiger partial charge is 0.325 e. The van der Waals surface area contributed by atoms with Crippen molar-refractivity contribution in [1.29, 1.82) is 0 Å². The number of hydrogen-bond donors (Lipinski definition) is 1. The van der Waals surface area contributed by atoms with Gasteiger partial charge in [0.25, 0.3) is 0 Å². The molecule has 3 rings (SSSR count). The fourth-order valence-corrected chi connectivity index (χ4v) is 4.41. The number of nitrogens with one attached hydrogen (secondary N) is 1. The molecule has 0 radical (unpaired) electrons. The highest BCUT2D eigenvalue weighted by Crippen LogP contribution is 2.18. The SMILES string of the molecule is Cc1cccc(NC(=O)CN2CCN(S(=O)(=O)/C=C\c3ccccc3)CC2)c1C. The summed E-state index contributed by atoms with van der Waals surface area (Å²) in [6.07, 6.45) is 1.61. The van der Waals surface area contributed by atoms with Crippen molar-refractivity contribution in [2.45, 2.75) is 13.8 Å². The number of hydrogen-bond acceptors (Lipinski definition) is 4. The summed E-state index contributed by atoms with van der Waals surface area (Å²) < 4.78 is 26.5. The topological polar surface area (TPSA) is 69.7 Å². The summed E-state index contributed by atoms with van der Waals surface area (Å²) in [4.78, 5) is 14.4. The van der Waals surface area contributed by atoms with Crippen molar-refractivity contribution in [2.75, 3.05) is 38.0 Å². The third kappa shape index (κ3) is 5.76. The highest BCUT2D eigenvalue weighted by Gasteiger charge is 2.26. The van der Waals surface area contributed by atoms with E-state index < -0.39 is 10.0 Å². The Kier molecular flexibility index (Phi) is 6.84. The van der Waals surface area contributed by atoms with Crippen molar-refractivity contribution in [2.24, 2.45) is 0 Å². The van der Waals surface area contributed by atoms with Crippen LogP contribution in [0.15, 0.2) is 53.9 Å². The Morgan fingerprint density at radius 3 is 2.38 bits per heavy atom. The molecule has 2 aromatic carbocycles. The lowest BCUT2D eigenvalue weighted by molar-refractivity contribution is -0.117. The first-order chi connectivity index (χ1) is 13.8. The smallest absolute Gasteiger partial charge is 0.238 e. The number of rotatable bonds is 6. The van der Waals surface area contributed by atoms with Crippen LogP contribution in [0, 0.1) is 13.8 Å². The summed E-state index contributed by atoms with van der Waals surface area (Å²) in [5.41, 5.74) is 3.85. The van der Waals surface area contributed by atoms with E-state index in [2.05, 4.69) is 5.32 Å². The van der Waals surface area contributed by atoms with Gasteiger partial charge in [-0.2, -0.15) is 4.31 Å². The van der Waals surface area contributed by atoms with Crippen molar-refractivity contribution in [3.05, 3.63) is 70.6 Å². The van der Waals surface area contributed by atoms with Crippen LogP contribution in [0.5, 0.6) is 0 Å². The Hall–Kier alpha value is -2.48. The number of aryl methyl sites for hydroxylation is 1. The minimum absolute atomic E-state index is 0.0843. The Labute approximate surface area is 172 Å². The van der Waals surface area contributed by atoms with Gasteiger partial charge in [-0.3, -0.25) is 9.69 Å². The van der Waals surface area contributed by atoms with Gasteiger partial charge >= 0.3 is 0 Å². The van der Waals surface area contributed by atoms with E-state index in [4.69, 9.17) is 0 Å². The molecule has 0 unspecified atom stereocenters. The molecule has 1 heterocycles. The second-order valence-corrected chi connectivity index (χ2v) is 9.05. The second kappa shape index (κ2) is 9.35. The average molecular weight is 414 g/mol. The summed E-state index contributed by atoms with van der Waals surface area (Å²) in [7, 11) is -3.47. The second-order valence-electron chi connectivity index (χ2n) is 7.23. The van der Waals surface area contributed by atoms with Crippen molar-refractivity contribution in [3.8, 4) is 0 Å². The van der Waals surface area contributed by atoms with Crippen LogP contribution in [-0.4, -0.2) is 56.3 Å². The number of carbonyl (C=O) groups excluding carboxylic acids is 1. The van der Waals surface area contributed by atoms with E-state index in [1.165, 1.54) is 9.71 Å². The van der Waals surface area contributed by atoms with Crippen molar-refractivity contribution in [1.82, 2.24) is 9.21 Å². The monoisotopic (exact) mass is 413 g/mol. The van der Waals surface area contributed by atoms with Gasteiger partial charge < -0.3 is 5.32 Å². The number of carbonyl (C=O) groups is 1. The molecule has 0 aromatic heterocycles. The Balaban J connectivity index is 1.51. The minimum Gasteiger partial charge on any atom is -0.325 e. The summed E-state index contributed by atoms with van der Waals surface area (Å²) in [6, 6.07) is 15.2. The third-order valence-corrected chi connectivity index (χ3v) is 6.73. The lowest BCUT2D eigenvalue weighted by atomic mass is 10.1. The minimum atomic E-state index is -3.47. The molecule has 2 aromatic rings. The number of amides is 1. The van der Waals surface area contributed by atoms with Gasteiger partial charge in [0, 0.05) is 37.3 Å². The Morgan fingerprint density at radius 2 is 1.69 bits per heavy atom. The van der Waals surface area contributed by atoms with Crippen LogP contribution < -0.4 is 5.32 Å². The zero-order valence-corrected chi connectivity index (χ0v) is 17.7. The molecule has 0 bridgehead atoms. The number of anilines is 1. The molecule has 1 N–H and O–H groups in total. The first-order valence-electron chi connectivity index (χ1n) is 9.67. The van der Waals surface area contributed by atoms with Gasteiger partial charge in [-0.25, -0.2) is 8.42 Å². The van der Waals surface area contributed by atoms with Crippen molar-refractivity contribution in [3.63, 3.8) is 0 Å². The summed E-state index contributed by atoms with van der Waals surface area (Å²) in [5, 5.41) is 4.21. The predicted molar refractivity (Wildman–Crippen MR) is 117 cm³/mol. The lowest BCUT2D eigenvalue weighted by Crippen LogP contribution is -2.49. The molecular formula is C22H27N3O3S. The maximum absolute atomic E-state index is 12.5. The normalized spacial score (nSPS) is 16.2. The highest BCUT2D eigenvalue weighted by molar-refractivity contribution is 7.92. The lowest BCUT2D eigenvalue weighted by Gasteiger charge is -2.32. The number of nitrogens with zero attached hydrogens (tertiary/aromatic N) is 2. The molecule has 1 aliphatic heterocycles. The Bertz CT molecular complexity index is 980. The van der Waals surface area contributed by atoms with E-state index in [0.29, 0.717) is 26.2 Å². The van der Waals surface area contributed by atoms with Crippen LogP contribution in [0.4, 0.5) is 5.69 Å². The van der Waals surface area contributed by atoms with Crippen LogP contribution in [0.25, 0.3) is 6.08 Å². The predicted octanol–water partition coefficient (Wildman–Crippen LogP) is 2.86. The van der Waals surface area contributed by atoms with Gasteiger partial charge in [0.2, 0.25) is 15.9 Å². The zero-order chi connectivity index (χ0) is 20.9. The summed E-state index contributed by atoms with van der Waals surface area (Å²) in [5.74, 6) is -0.0843. The third-order valence-electron chi connectivity index (χ3n) is 5.17. The molecule has 154 valence electrons. The van der Waals surface area contributed by atoms with Crippen LogP contribution in [0.1, 0.15) is 16.7 Å². The van der Waals surface area contributed by atoms with Gasteiger partial charge in [0.15, 0.2) is 0 Å². The van der Waals surface area contributed by atoms with E-state index in [9.17, 15) is 13.2 Å². The fraction of sp³-hybridized carbons (Fsp3) is 0.318. The van der Waals surface area contributed by atoms with Gasteiger partial charge in [-0.1, -0.05) is 42.5 Å². The molecular weight excluding hydrogens is 386 g/mol. The first-order valence-corrected chi connectivity index (χ1v) is 11.2. The molecule has 0 atom stereocenters. The molecule has 1 saturated heterocycles. The number of benzene rings is 2. The number of sulfonamides is 1. The van der Waals surface area contributed by atoms with E-state index in [1.807, 2.05) is 67.3 Å². The maximum Gasteiger partial charge on any atom is 0.238 e. The van der Waals surface area contributed by atoms with Gasteiger partial charge in [0.05, 0.1) is 6.54 Å². The molecule has 7 heteroatoms. The molecule has 1 aliphatic rings. The molecule has 29 heavy (non-hydrogen) atoms. The standard InChI is InChI=1S/C22H27N3O3S/c1-18-7-6-10-21(19(18)2)23-22(26)17-24-12-14-25(15-13-24)29(27,28)16-11-20-8-4-3-5-9-20/h3-11,16H,12-15,17H2,1-2H3,(H,23,26)/b16-11-.